The molecule has 116 valence electrons. The van der Waals surface area contributed by atoms with Gasteiger partial charge < -0.3 is 5.32 Å². The molecule has 1 saturated carbocycles. The Hall–Kier alpha value is -0.910. The summed E-state index contributed by atoms with van der Waals surface area (Å²) in [6.07, 6.45) is 4.58. The molecule has 0 amide bonds. The summed E-state index contributed by atoms with van der Waals surface area (Å²) in [6.45, 7) is 2.34. The molecular formula is C16H24N2O2S. The molecule has 4 nitrogen and oxygen atoms in total. The van der Waals surface area contributed by atoms with Gasteiger partial charge in [-0.3, -0.25) is 0 Å². The fraction of sp³-hybridized carbons (Fsp3) is 0.625. The van der Waals surface area contributed by atoms with Crippen molar-refractivity contribution in [3.05, 3.63) is 29.8 Å². The number of hydrogen-bond acceptors (Lipinski definition) is 3. The predicted molar refractivity (Wildman–Crippen MR) is 83.7 cm³/mol. The summed E-state index contributed by atoms with van der Waals surface area (Å²) < 4.78 is 27.1. The molecule has 21 heavy (non-hydrogen) atoms. The van der Waals surface area contributed by atoms with Gasteiger partial charge in [-0.1, -0.05) is 18.6 Å². The molecule has 1 heterocycles. The molecule has 2 fully saturated rings. The van der Waals surface area contributed by atoms with Gasteiger partial charge in [-0.25, -0.2) is 8.42 Å². The molecule has 0 bridgehead atoms. The van der Waals surface area contributed by atoms with Gasteiger partial charge in [0.15, 0.2) is 0 Å². The Balaban J connectivity index is 1.73. The summed E-state index contributed by atoms with van der Waals surface area (Å²) in [7, 11) is -1.38. The minimum absolute atomic E-state index is 0.440. The number of nitrogens with one attached hydrogen (secondary N) is 1. The number of hydrogen-bond donors (Lipinski definition) is 1. The van der Waals surface area contributed by atoms with Crippen molar-refractivity contribution in [3.8, 4) is 0 Å². The fourth-order valence-corrected chi connectivity index (χ4v) is 5.19. The highest BCUT2D eigenvalue weighted by Crippen LogP contribution is 2.39. The Labute approximate surface area is 127 Å². The van der Waals surface area contributed by atoms with E-state index in [2.05, 4.69) is 5.32 Å². The summed E-state index contributed by atoms with van der Waals surface area (Å²) >= 11 is 0. The average Bonchev–Trinajstić information content (AvgIpc) is 3.07. The zero-order valence-electron chi connectivity index (χ0n) is 12.6. The van der Waals surface area contributed by atoms with Crippen molar-refractivity contribution in [2.24, 2.45) is 11.8 Å². The maximum atomic E-state index is 12.7. The van der Waals surface area contributed by atoms with Crippen molar-refractivity contribution in [1.82, 2.24) is 9.62 Å². The highest BCUT2D eigenvalue weighted by atomic mass is 32.2. The lowest BCUT2D eigenvalue weighted by molar-refractivity contribution is 0.445. The van der Waals surface area contributed by atoms with Crippen molar-refractivity contribution in [2.75, 3.05) is 26.7 Å². The Kier molecular flexibility index (Phi) is 4.33. The van der Waals surface area contributed by atoms with Crippen LogP contribution >= 0.6 is 0 Å². The fourth-order valence-electron chi connectivity index (χ4n) is 3.63. The molecule has 1 N–H and O–H groups in total. The first-order chi connectivity index (χ1) is 10.1. The van der Waals surface area contributed by atoms with Gasteiger partial charge in [0.25, 0.3) is 0 Å². The van der Waals surface area contributed by atoms with Crippen molar-refractivity contribution >= 4 is 10.0 Å². The molecule has 0 aromatic heterocycles. The molecule has 2 aliphatic rings. The first kappa shape index (κ1) is 15.0. The summed E-state index contributed by atoms with van der Waals surface area (Å²) in [4.78, 5) is 0.440. The van der Waals surface area contributed by atoms with E-state index in [0.717, 1.165) is 13.0 Å². The molecule has 1 aromatic rings. The van der Waals surface area contributed by atoms with E-state index >= 15 is 0 Å². The molecule has 2 unspecified atom stereocenters. The quantitative estimate of drug-likeness (QED) is 0.903. The van der Waals surface area contributed by atoms with Crippen molar-refractivity contribution < 1.29 is 8.42 Å². The highest BCUT2D eigenvalue weighted by molar-refractivity contribution is 7.89. The lowest BCUT2D eigenvalue weighted by Crippen LogP contribution is -2.29. The molecule has 5 heteroatoms. The second-order valence-electron chi connectivity index (χ2n) is 6.27. The third-order valence-electron chi connectivity index (χ3n) is 4.92. The van der Waals surface area contributed by atoms with E-state index in [9.17, 15) is 8.42 Å². The van der Waals surface area contributed by atoms with Crippen molar-refractivity contribution in [2.45, 2.75) is 30.6 Å². The van der Waals surface area contributed by atoms with Gasteiger partial charge in [-0.05, 0) is 62.4 Å². The first-order valence-electron chi connectivity index (χ1n) is 7.85. The van der Waals surface area contributed by atoms with Gasteiger partial charge in [0, 0.05) is 13.1 Å². The number of likely N-dealkylation sites (N-methyl/N-ethyl adjacent to an activating group) is 1. The third kappa shape index (κ3) is 3.00. The maximum absolute atomic E-state index is 12.7. The topological polar surface area (TPSA) is 49.4 Å². The number of nitrogens with zero attached hydrogens (tertiary/aromatic N) is 1. The SMILES string of the molecule is CNCCc1ccc(S(=O)(=O)N2CC3CCCC3C2)cc1. The summed E-state index contributed by atoms with van der Waals surface area (Å²) in [6, 6.07) is 7.38. The van der Waals surface area contributed by atoms with Gasteiger partial charge in [-0.15, -0.1) is 0 Å². The van der Waals surface area contributed by atoms with Crippen LogP contribution in [0.15, 0.2) is 29.2 Å². The van der Waals surface area contributed by atoms with Gasteiger partial charge >= 0.3 is 0 Å². The molecule has 1 saturated heterocycles. The van der Waals surface area contributed by atoms with Crippen LogP contribution in [0.3, 0.4) is 0 Å². The van der Waals surface area contributed by atoms with Gasteiger partial charge in [0.05, 0.1) is 4.90 Å². The van der Waals surface area contributed by atoms with E-state index in [1.807, 2.05) is 19.2 Å². The zero-order valence-corrected chi connectivity index (χ0v) is 13.4. The minimum Gasteiger partial charge on any atom is -0.319 e. The molecule has 1 aromatic carbocycles. The molecular weight excluding hydrogens is 284 g/mol. The standard InChI is InChI=1S/C16H24N2O2S/c1-17-10-9-13-5-7-16(8-6-13)21(19,20)18-11-14-3-2-4-15(14)12-18/h5-8,14-15,17H,2-4,9-12H2,1H3. The van der Waals surface area contributed by atoms with Gasteiger partial charge in [0.2, 0.25) is 10.0 Å². The first-order valence-corrected chi connectivity index (χ1v) is 9.29. The number of benzene rings is 1. The Morgan fingerprint density at radius 2 is 1.76 bits per heavy atom. The highest BCUT2D eigenvalue weighted by Gasteiger charge is 2.41. The van der Waals surface area contributed by atoms with Crippen molar-refractivity contribution in [1.29, 1.82) is 0 Å². The molecule has 1 aliphatic heterocycles. The Morgan fingerprint density at radius 1 is 1.14 bits per heavy atom. The molecule has 2 atom stereocenters. The molecule has 0 spiro atoms. The van der Waals surface area contributed by atoms with Crippen LogP contribution in [-0.4, -0.2) is 39.4 Å². The van der Waals surface area contributed by atoms with E-state index in [1.54, 1.807) is 16.4 Å². The van der Waals surface area contributed by atoms with Crippen LogP contribution in [0, 0.1) is 11.8 Å². The summed E-state index contributed by atoms with van der Waals surface area (Å²) in [5.74, 6) is 1.18. The monoisotopic (exact) mass is 308 g/mol. The van der Waals surface area contributed by atoms with E-state index in [0.29, 0.717) is 29.8 Å². The number of rotatable bonds is 5. The van der Waals surface area contributed by atoms with Gasteiger partial charge in [0.1, 0.15) is 0 Å². The minimum atomic E-state index is -3.30. The lowest BCUT2D eigenvalue weighted by Gasteiger charge is -2.17. The molecule has 3 rings (SSSR count). The van der Waals surface area contributed by atoms with Crippen LogP contribution in [-0.2, 0) is 16.4 Å². The van der Waals surface area contributed by atoms with Crippen LogP contribution in [0.4, 0.5) is 0 Å². The number of fused-ring (bicyclic) bond motifs is 1. The number of sulfonamides is 1. The molecule has 0 radical (unpaired) electrons. The predicted octanol–water partition coefficient (Wildman–Crippen LogP) is 1.87. The Morgan fingerprint density at radius 3 is 2.33 bits per heavy atom. The van der Waals surface area contributed by atoms with Crippen molar-refractivity contribution in [3.63, 3.8) is 0 Å². The van der Waals surface area contributed by atoms with Crippen LogP contribution in [0.2, 0.25) is 0 Å². The largest absolute Gasteiger partial charge is 0.319 e. The van der Waals surface area contributed by atoms with E-state index < -0.39 is 10.0 Å². The maximum Gasteiger partial charge on any atom is 0.243 e. The Bertz CT molecular complexity index is 571. The van der Waals surface area contributed by atoms with Crippen LogP contribution in [0.1, 0.15) is 24.8 Å². The summed E-state index contributed by atoms with van der Waals surface area (Å²) in [5, 5.41) is 3.10. The normalized spacial score (nSPS) is 26.1. The summed E-state index contributed by atoms with van der Waals surface area (Å²) in [5.41, 5.74) is 1.17. The zero-order chi connectivity index (χ0) is 14.9. The van der Waals surface area contributed by atoms with E-state index in [4.69, 9.17) is 0 Å². The third-order valence-corrected chi connectivity index (χ3v) is 6.76. The second kappa shape index (κ2) is 6.07. The smallest absolute Gasteiger partial charge is 0.243 e. The van der Waals surface area contributed by atoms with Crippen LogP contribution < -0.4 is 5.32 Å². The van der Waals surface area contributed by atoms with Crippen LogP contribution in [0.5, 0.6) is 0 Å². The van der Waals surface area contributed by atoms with E-state index in [1.165, 1.54) is 24.8 Å². The van der Waals surface area contributed by atoms with E-state index in [-0.39, 0.29) is 0 Å². The molecule has 1 aliphatic carbocycles. The van der Waals surface area contributed by atoms with Gasteiger partial charge in [-0.2, -0.15) is 4.31 Å². The lowest BCUT2D eigenvalue weighted by atomic mass is 10.0. The average molecular weight is 308 g/mol. The second-order valence-corrected chi connectivity index (χ2v) is 8.21. The van der Waals surface area contributed by atoms with Crippen LogP contribution in [0.25, 0.3) is 0 Å².